The fourth-order valence-electron chi connectivity index (χ4n) is 3.81. The van der Waals surface area contributed by atoms with Crippen molar-refractivity contribution in [2.24, 2.45) is 0 Å². The third kappa shape index (κ3) is 7.08. The van der Waals surface area contributed by atoms with Crippen molar-refractivity contribution in [2.75, 3.05) is 26.4 Å². The Morgan fingerprint density at radius 1 is 0.425 bits per heavy atom. The van der Waals surface area contributed by atoms with Crippen LogP contribution in [0.4, 0.5) is 0 Å². The Morgan fingerprint density at radius 3 is 1.23 bits per heavy atom. The van der Waals surface area contributed by atoms with Gasteiger partial charge in [0.1, 0.15) is 51.0 Å². The summed E-state index contributed by atoms with van der Waals surface area (Å²) in [7, 11) is 0. The minimum atomic E-state index is -0.684. The Labute approximate surface area is 231 Å². The highest BCUT2D eigenvalue weighted by atomic mass is 16.6. The highest BCUT2D eigenvalue weighted by Gasteiger charge is 2.15. The molecule has 0 fully saturated rings. The number of carbonyl (C=O) groups excluding carboxylic acids is 2. The zero-order chi connectivity index (χ0) is 27.6. The van der Waals surface area contributed by atoms with Gasteiger partial charge in [-0.1, -0.05) is 54.6 Å². The number of benzene rings is 3. The number of hydrogen-bond acceptors (Lipinski definition) is 9. The zero-order valence-electron chi connectivity index (χ0n) is 21.6. The fourth-order valence-corrected chi connectivity index (χ4v) is 3.81. The zero-order valence-corrected chi connectivity index (χ0v) is 21.6. The number of aromatic nitrogens is 1. The molecule has 0 unspecified atom stereocenters. The van der Waals surface area contributed by atoms with E-state index in [0.717, 1.165) is 11.1 Å². The van der Waals surface area contributed by atoms with E-state index in [1.165, 1.54) is 18.2 Å². The maximum atomic E-state index is 12.5. The van der Waals surface area contributed by atoms with Crippen molar-refractivity contribution in [2.45, 2.75) is 13.2 Å². The number of pyridine rings is 1. The van der Waals surface area contributed by atoms with E-state index in [4.69, 9.17) is 28.4 Å². The maximum absolute atomic E-state index is 12.5. The van der Waals surface area contributed by atoms with E-state index in [2.05, 4.69) is 4.98 Å². The van der Waals surface area contributed by atoms with Crippen molar-refractivity contribution in [3.63, 3.8) is 0 Å². The fraction of sp³-hybridized carbons (Fsp3) is 0.194. The summed E-state index contributed by atoms with van der Waals surface area (Å²) in [5, 5.41) is 0. The van der Waals surface area contributed by atoms with E-state index in [1.54, 1.807) is 12.1 Å². The second kappa shape index (κ2) is 13.1. The average Bonchev–Trinajstić information content (AvgIpc) is 3.00. The first-order valence-corrected chi connectivity index (χ1v) is 12.7. The molecule has 3 heterocycles. The van der Waals surface area contributed by atoms with E-state index in [1.807, 2.05) is 60.7 Å². The Bertz CT molecular complexity index is 1350. The van der Waals surface area contributed by atoms with Gasteiger partial charge in [-0.05, 0) is 47.5 Å². The van der Waals surface area contributed by atoms with Crippen LogP contribution in [-0.4, -0.2) is 43.4 Å². The van der Waals surface area contributed by atoms with E-state index in [9.17, 15) is 9.59 Å². The van der Waals surface area contributed by atoms with Crippen LogP contribution in [0.2, 0.25) is 0 Å². The Hall–Kier alpha value is -5.05. The van der Waals surface area contributed by atoms with Crippen LogP contribution in [0.25, 0.3) is 0 Å². The van der Waals surface area contributed by atoms with Gasteiger partial charge < -0.3 is 28.4 Å². The first-order valence-electron chi connectivity index (χ1n) is 12.7. The molecule has 0 atom stereocenters. The summed E-state index contributed by atoms with van der Waals surface area (Å²) >= 11 is 0. The van der Waals surface area contributed by atoms with E-state index >= 15 is 0 Å². The number of para-hydroxylation sites is 4. The van der Waals surface area contributed by atoms with Crippen LogP contribution in [0, 0.1) is 0 Å². The van der Waals surface area contributed by atoms with Crippen LogP contribution < -0.4 is 18.9 Å². The van der Waals surface area contributed by atoms with Gasteiger partial charge in [0.05, 0.1) is 0 Å². The molecule has 1 aromatic heterocycles. The second-order valence-corrected chi connectivity index (χ2v) is 8.66. The van der Waals surface area contributed by atoms with Gasteiger partial charge in [0.25, 0.3) is 0 Å². The third-order valence-corrected chi connectivity index (χ3v) is 5.83. The molecule has 0 spiro atoms. The van der Waals surface area contributed by atoms with Gasteiger partial charge in [-0.25, -0.2) is 14.6 Å². The molecule has 4 aromatic rings. The van der Waals surface area contributed by atoms with Crippen molar-refractivity contribution in [3.05, 3.63) is 114 Å². The molecule has 9 heteroatoms. The summed E-state index contributed by atoms with van der Waals surface area (Å²) in [6, 6.07) is 26.9. The van der Waals surface area contributed by atoms with Gasteiger partial charge in [0.15, 0.2) is 23.0 Å². The molecule has 0 aliphatic carbocycles. The smallest absolute Gasteiger partial charge is 0.357 e. The Morgan fingerprint density at radius 2 is 0.800 bits per heavy atom. The van der Waals surface area contributed by atoms with Crippen LogP contribution in [0.3, 0.4) is 0 Å². The standard InChI is InChI=1S/C31H27NO8/c33-30-24-6-5-7-25(32-24)31(34)38-19-17-36-27-9-2-4-11-29(27)40-21-23-14-12-22(13-15-23)20-39-28-10-3-1-8-26(28)35-16-18-37-30/h1-15H,16-21H2. The molecule has 0 radical (unpaired) electrons. The summed E-state index contributed by atoms with van der Waals surface area (Å²) in [5.41, 5.74) is 1.92. The largest absolute Gasteiger partial charge is 0.486 e. The monoisotopic (exact) mass is 541 g/mol. The molecule has 0 amide bonds. The summed E-state index contributed by atoms with van der Waals surface area (Å²) < 4.78 is 34.1. The lowest BCUT2D eigenvalue weighted by atomic mass is 10.1. The molecule has 0 N–H and O–H groups in total. The first-order chi connectivity index (χ1) is 19.7. The average molecular weight is 542 g/mol. The van der Waals surface area contributed by atoms with Crippen molar-refractivity contribution < 1.29 is 38.0 Å². The molecule has 4 bridgehead atoms. The molecule has 40 heavy (non-hydrogen) atoms. The third-order valence-electron chi connectivity index (χ3n) is 5.83. The molecule has 9 nitrogen and oxygen atoms in total. The Balaban J connectivity index is 1.32. The summed E-state index contributed by atoms with van der Waals surface area (Å²) in [5.74, 6) is 0.816. The highest BCUT2D eigenvalue weighted by molar-refractivity contribution is 5.91. The predicted octanol–water partition coefficient (Wildman–Crippen LogP) is 5.02. The number of fused-ring (bicyclic) bond motifs is 12. The number of hydrogen-bond donors (Lipinski definition) is 0. The molecule has 0 saturated heterocycles. The van der Waals surface area contributed by atoms with Crippen molar-refractivity contribution in [3.8, 4) is 23.0 Å². The lowest BCUT2D eigenvalue weighted by molar-refractivity contribution is 0.0432. The van der Waals surface area contributed by atoms with E-state index in [-0.39, 0.29) is 37.8 Å². The highest BCUT2D eigenvalue weighted by Crippen LogP contribution is 2.28. The lowest BCUT2D eigenvalue weighted by Gasteiger charge is -2.14. The van der Waals surface area contributed by atoms with Crippen LogP contribution in [0.15, 0.2) is 91.0 Å². The second-order valence-electron chi connectivity index (χ2n) is 8.66. The summed E-state index contributed by atoms with van der Waals surface area (Å²) in [6.45, 7) is 0.847. The first kappa shape index (κ1) is 26.6. The molecule has 6 rings (SSSR count). The van der Waals surface area contributed by atoms with Crippen molar-refractivity contribution in [1.29, 1.82) is 0 Å². The van der Waals surface area contributed by atoms with Crippen molar-refractivity contribution in [1.82, 2.24) is 4.98 Å². The van der Waals surface area contributed by atoms with Gasteiger partial charge in [0.2, 0.25) is 0 Å². The minimum Gasteiger partial charge on any atom is -0.486 e. The minimum absolute atomic E-state index is 0.0168. The molecular formula is C31H27NO8. The SMILES string of the molecule is O=C1OCCOc2ccccc2OCc2ccc(cc2)COc2ccccc2OCCOC(=O)c2cccc1n2. The topological polar surface area (TPSA) is 102 Å². The number of ether oxygens (including phenoxy) is 6. The Kier molecular flexibility index (Phi) is 8.73. The van der Waals surface area contributed by atoms with Gasteiger partial charge in [-0.2, -0.15) is 0 Å². The molecule has 204 valence electrons. The van der Waals surface area contributed by atoms with E-state index in [0.29, 0.717) is 36.2 Å². The number of nitrogens with zero attached hydrogens (tertiary/aromatic N) is 1. The van der Waals surface area contributed by atoms with E-state index < -0.39 is 11.9 Å². The van der Waals surface area contributed by atoms with Gasteiger partial charge in [-0.3, -0.25) is 0 Å². The van der Waals surface area contributed by atoms with Crippen molar-refractivity contribution >= 4 is 11.9 Å². The molecule has 2 aliphatic rings. The molecule has 0 saturated carbocycles. The summed E-state index contributed by atoms with van der Waals surface area (Å²) in [4.78, 5) is 29.1. The lowest BCUT2D eigenvalue weighted by Crippen LogP contribution is -2.17. The number of esters is 2. The molecular weight excluding hydrogens is 514 g/mol. The van der Waals surface area contributed by atoms with Crippen LogP contribution in [0.1, 0.15) is 32.1 Å². The molecule has 3 aromatic carbocycles. The van der Waals surface area contributed by atoms with Crippen LogP contribution >= 0.6 is 0 Å². The van der Waals surface area contributed by atoms with Gasteiger partial charge >= 0.3 is 11.9 Å². The number of rotatable bonds is 0. The van der Waals surface area contributed by atoms with Crippen LogP contribution in [-0.2, 0) is 22.7 Å². The van der Waals surface area contributed by atoms with Crippen LogP contribution in [0.5, 0.6) is 23.0 Å². The maximum Gasteiger partial charge on any atom is 0.357 e. The summed E-state index contributed by atoms with van der Waals surface area (Å²) in [6.07, 6.45) is 0. The molecule has 2 aliphatic heterocycles. The quantitative estimate of drug-likeness (QED) is 0.284. The normalized spacial score (nSPS) is 14.7. The van der Waals surface area contributed by atoms with Gasteiger partial charge in [0, 0.05) is 0 Å². The predicted molar refractivity (Wildman–Crippen MR) is 144 cm³/mol. The number of carbonyl (C=O) groups is 2. The van der Waals surface area contributed by atoms with Gasteiger partial charge in [-0.15, -0.1) is 0 Å².